The number of benzene rings is 2. The van der Waals surface area contributed by atoms with E-state index in [9.17, 15) is 0 Å². The molecule has 0 bridgehead atoms. The highest BCUT2D eigenvalue weighted by atomic mass is 35.5. The molecule has 0 saturated carbocycles. The van der Waals surface area contributed by atoms with E-state index < -0.39 is 0 Å². The monoisotopic (exact) mass is 406 g/mol. The number of halogens is 1. The number of pyridine rings is 1. The summed E-state index contributed by atoms with van der Waals surface area (Å²) in [5.74, 6) is 1.66. The van der Waals surface area contributed by atoms with Crippen LogP contribution < -0.4 is 4.74 Å². The highest BCUT2D eigenvalue weighted by Crippen LogP contribution is 2.26. The van der Waals surface area contributed by atoms with Gasteiger partial charge in [-0.05, 0) is 80.2 Å². The lowest BCUT2D eigenvalue weighted by Gasteiger charge is -2.10. The molecule has 4 aromatic rings. The highest BCUT2D eigenvalue weighted by Gasteiger charge is 2.10. The maximum Gasteiger partial charge on any atom is 0.168 e. The highest BCUT2D eigenvalue weighted by molar-refractivity contribution is 6.30. The second-order valence-corrected chi connectivity index (χ2v) is 7.64. The van der Waals surface area contributed by atoms with E-state index in [1.165, 1.54) is 0 Å². The van der Waals surface area contributed by atoms with E-state index in [0.29, 0.717) is 6.61 Å². The van der Waals surface area contributed by atoms with E-state index in [2.05, 4.69) is 35.4 Å². The average molecular weight is 407 g/mol. The summed E-state index contributed by atoms with van der Waals surface area (Å²) in [6.45, 7) is 1.72. The summed E-state index contributed by atoms with van der Waals surface area (Å²) < 4.78 is 7.83. The van der Waals surface area contributed by atoms with Crippen molar-refractivity contribution in [2.45, 2.75) is 6.42 Å². The molecule has 0 atom stereocenters. The maximum absolute atomic E-state index is 6.01. The lowest BCUT2D eigenvalue weighted by Crippen LogP contribution is -2.15. The van der Waals surface area contributed by atoms with Crippen molar-refractivity contribution in [3.05, 3.63) is 71.9 Å². The van der Waals surface area contributed by atoms with Crippen LogP contribution in [0.25, 0.3) is 28.2 Å². The Bertz CT molecular complexity index is 1090. The molecule has 4 rings (SSSR count). The van der Waals surface area contributed by atoms with Gasteiger partial charge >= 0.3 is 0 Å². The lowest BCUT2D eigenvalue weighted by atomic mass is 10.1. The van der Waals surface area contributed by atoms with E-state index in [4.69, 9.17) is 16.3 Å². The summed E-state index contributed by atoms with van der Waals surface area (Å²) in [5, 5.41) is 9.41. The molecule has 2 aromatic heterocycles. The number of aromatic nitrogens is 3. The Morgan fingerprint density at radius 3 is 2.28 bits per heavy atom. The standard InChI is InChI=1S/C23H23ClN4O/c1-27(2)14-3-15-29-21-11-6-18(7-12-21)23-26-25-22-13-8-19(16-28(22)23)17-4-9-20(24)10-5-17/h4-13,16H,3,14-15H2,1-2H3. The first-order valence-corrected chi connectivity index (χ1v) is 9.97. The van der Waals surface area contributed by atoms with Gasteiger partial charge in [0.1, 0.15) is 5.75 Å². The van der Waals surface area contributed by atoms with E-state index in [1.54, 1.807) is 0 Å². The van der Waals surface area contributed by atoms with Crippen LogP contribution in [-0.4, -0.2) is 46.7 Å². The topological polar surface area (TPSA) is 42.7 Å². The number of hydrogen-bond donors (Lipinski definition) is 0. The van der Waals surface area contributed by atoms with Gasteiger partial charge in [-0.2, -0.15) is 0 Å². The van der Waals surface area contributed by atoms with E-state index in [1.807, 2.05) is 65.1 Å². The molecule has 6 heteroatoms. The smallest absolute Gasteiger partial charge is 0.168 e. The van der Waals surface area contributed by atoms with Crippen LogP contribution in [0.2, 0.25) is 5.02 Å². The summed E-state index contributed by atoms with van der Waals surface area (Å²) in [6.07, 6.45) is 3.05. The molecule has 2 aromatic carbocycles. The number of ether oxygens (including phenoxy) is 1. The van der Waals surface area contributed by atoms with Gasteiger partial charge in [-0.3, -0.25) is 4.40 Å². The van der Waals surface area contributed by atoms with Gasteiger partial charge in [-0.1, -0.05) is 23.7 Å². The minimum atomic E-state index is 0.704. The third-order valence-electron chi connectivity index (χ3n) is 4.71. The van der Waals surface area contributed by atoms with E-state index >= 15 is 0 Å². The Morgan fingerprint density at radius 2 is 1.55 bits per heavy atom. The minimum absolute atomic E-state index is 0.704. The molecule has 29 heavy (non-hydrogen) atoms. The molecule has 0 saturated heterocycles. The third kappa shape index (κ3) is 4.58. The fraction of sp³-hybridized carbons (Fsp3) is 0.217. The van der Waals surface area contributed by atoms with Crippen molar-refractivity contribution < 1.29 is 4.74 Å². The summed E-state index contributed by atoms with van der Waals surface area (Å²) in [5.41, 5.74) is 3.97. The van der Waals surface area contributed by atoms with Gasteiger partial charge < -0.3 is 9.64 Å². The first-order valence-electron chi connectivity index (χ1n) is 9.59. The van der Waals surface area contributed by atoms with Crippen molar-refractivity contribution in [2.75, 3.05) is 27.2 Å². The Balaban J connectivity index is 1.55. The SMILES string of the molecule is CN(C)CCCOc1ccc(-c2nnc3ccc(-c4ccc(Cl)cc4)cn23)cc1. The van der Waals surface area contributed by atoms with Crippen LogP contribution >= 0.6 is 11.6 Å². The molecule has 0 spiro atoms. The zero-order chi connectivity index (χ0) is 20.2. The molecule has 0 aliphatic carbocycles. The molecule has 0 radical (unpaired) electrons. The molecule has 0 amide bonds. The Labute approximate surface area is 175 Å². The molecule has 0 aliphatic rings. The van der Waals surface area contributed by atoms with E-state index in [-0.39, 0.29) is 0 Å². The second kappa shape index (κ2) is 8.64. The zero-order valence-electron chi connectivity index (χ0n) is 16.5. The van der Waals surface area contributed by atoms with Crippen LogP contribution in [0.15, 0.2) is 66.9 Å². The average Bonchev–Trinajstić information content (AvgIpc) is 3.15. The molecular weight excluding hydrogens is 384 g/mol. The quantitative estimate of drug-likeness (QED) is 0.403. The minimum Gasteiger partial charge on any atom is -0.494 e. The van der Waals surface area contributed by atoms with Crippen molar-refractivity contribution in [3.63, 3.8) is 0 Å². The molecule has 2 heterocycles. The largest absolute Gasteiger partial charge is 0.494 e. The first-order chi connectivity index (χ1) is 14.1. The summed E-state index contributed by atoms with van der Waals surface area (Å²) in [4.78, 5) is 2.15. The van der Waals surface area contributed by atoms with Gasteiger partial charge in [0.05, 0.1) is 6.61 Å². The first kappa shape index (κ1) is 19.4. The van der Waals surface area contributed by atoms with Crippen molar-refractivity contribution in [1.82, 2.24) is 19.5 Å². The van der Waals surface area contributed by atoms with Gasteiger partial charge in [0, 0.05) is 23.3 Å². The van der Waals surface area contributed by atoms with Gasteiger partial charge in [0.25, 0.3) is 0 Å². The molecule has 148 valence electrons. The van der Waals surface area contributed by atoms with Gasteiger partial charge in [0.2, 0.25) is 0 Å². The number of hydrogen-bond acceptors (Lipinski definition) is 4. The fourth-order valence-corrected chi connectivity index (χ4v) is 3.30. The van der Waals surface area contributed by atoms with Gasteiger partial charge in [0.15, 0.2) is 11.5 Å². The normalized spacial score (nSPS) is 11.3. The van der Waals surface area contributed by atoms with Crippen LogP contribution in [0.5, 0.6) is 5.75 Å². The Morgan fingerprint density at radius 1 is 0.862 bits per heavy atom. The fourth-order valence-electron chi connectivity index (χ4n) is 3.17. The molecule has 0 unspecified atom stereocenters. The number of rotatable bonds is 7. The van der Waals surface area contributed by atoms with Crippen molar-refractivity contribution in [1.29, 1.82) is 0 Å². The predicted octanol–water partition coefficient (Wildman–Crippen LogP) is 5.05. The lowest BCUT2D eigenvalue weighted by molar-refractivity contribution is 0.281. The predicted molar refractivity (Wildman–Crippen MR) is 118 cm³/mol. The van der Waals surface area contributed by atoms with Crippen LogP contribution in [0.4, 0.5) is 0 Å². The van der Waals surface area contributed by atoms with Gasteiger partial charge in [-0.25, -0.2) is 0 Å². The van der Waals surface area contributed by atoms with Crippen LogP contribution in [0.1, 0.15) is 6.42 Å². The summed E-state index contributed by atoms with van der Waals surface area (Å²) in [7, 11) is 4.13. The Hall–Kier alpha value is -2.89. The molecule has 0 N–H and O–H groups in total. The molecule has 0 fully saturated rings. The summed E-state index contributed by atoms with van der Waals surface area (Å²) in [6, 6.07) is 19.8. The number of nitrogens with zero attached hydrogens (tertiary/aromatic N) is 4. The number of fused-ring (bicyclic) bond motifs is 1. The summed E-state index contributed by atoms with van der Waals surface area (Å²) >= 11 is 6.01. The van der Waals surface area contributed by atoms with Crippen LogP contribution in [-0.2, 0) is 0 Å². The van der Waals surface area contributed by atoms with Crippen molar-refractivity contribution in [3.8, 4) is 28.3 Å². The van der Waals surface area contributed by atoms with Crippen molar-refractivity contribution >= 4 is 17.2 Å². The second-order valence-electron chi connectivity index (χ2n) is 7.21. The van der Waals surface area contributed by atoms with Crippen molar-refractivity contribution in [2.24, 2.45) is 0 Å². The van der Waals surface area contributed by atoms with E-state index in [0.717, 1.165) is 51.9 Å². The third-order valence-corrected chi connectivity index (χ3v) is 4.96. The molecule has 0 aliphatic heterocycles. The maximum atomic E-state index is 6.01. The zero-order valence-corrected chi connectivity index (χ0v) is 17.3. The van der Waals surface area contributed by atoms with Gasteiger partial charge in [-0.15, -0.1) is 10.2 Å². The molecule has 5 nitrogen and oxygen atoms in total. The Kier molecular flexibility index (Phi) is 5.79. The van der Waals surface area contributed by atoms with Crippen LogP contribution in [0.3, 0.4) is 0 Å². The van der Waals surface area contributed by atoms with Crippen LogP contribution in [0, 0.1) is 0 Å². The molecular formula is C23H23ClN4O.